The average Bonchev–Trinajstić information content (AvgIpc) is 3.28. The number of rotatable bonds is 10. The minimum absolute atomic E-state index is 0.268. The Balaban J connectivity index is 1.55. The molecule has 1 nitrogen and oxygen atoms in total. The van der Waals surface area contributed by atoms with E-state index in [1.54, 1.807) is 0 Å². The molecule has 0 bridgehead atoms. The van der Waals surface area contributed by atoms with Crippen LogP contribution in [-0.2, 0) is 12.8 Å². The second kappa shape index (κ2) is 11.2. The Morgan fingerprint density at radius 3 is 2.19 bits per heavy atom. The molecule has 1 aliphatic rings. The average molecular weight is 432 g/mol. The Kier molecular flexibility index (Phi) is 8.59. The van der Waals surface area contributed by atoms with Crippen molar-refractivity contribution in [3.63, 3.8) is 0 Å². The fourth-order valence-electron chi connectivity index (χ4n) is 5.18. The molecular weight excluding hydrogens is 395 g/mol. The third-order valence-corrected chi connectivity index (χ3v) is 7.03. The molecular formula is C27H36F3N. The summed E-state index contributed by atoms with van der Waals surface area (Å²) in [5.74, 6) is -1.54. The Labute approximate surface area is 185 Å². The molecule has 0 aromatic heterocycles. The molecule has 0 heterocycles. The molecule has 0 aliphatic heterocycles. The Hall–Kier alpha value is -1.81. The second-order valence-corrected chi connectivity index (χ2v) is 8.89. The fourth-order valence-corrected chi connectivity index (χ4v) is 5.18. The topological polar surface area (TPSA) is 3.24 Å². The van der Waals surface area contributed by atoms with E-state index in [0.29, 0.717) is 18.9 Å². The number of aryl methyl sites for hydroxylation is 1. The van der Waals surface area contributed by atoms with E-state index in [0.717, 1.165) is 44.3 Å². The summed E-state index contributed by atoms with van der Waals surface area (Å²) < 4.78 is 39.9. The minimum atomic E-state index is -4.09. The largest absolute Gasteiger partial charge is 0.392 e. The van der Waals surface area contributed by atoms with Crippen LogP contribution in [0.3, 0.4) is 0 Å². The summed E-state index contributed by atoms with van der Waals surface area (Å²) in [6.45, 7) is 6.56. The normalized spacial score (nSPS) is 20.3. The standard InChI is InChI=1S/C27H36F3N/c1-3-24(31(4-2)20-19-21-9-6-5-7-10-21)18-15-22-13-16-23(17-14-22)25-11-8-12-26(25)27(28,29)30/h5-7,9-10,13-14,16-17,24-26H,3-4,8,11-12,15,18-20H2,1-2H3. The van der Waals surface area contributed by atoms with Crippen LogP contribution >= 0.6 is 0 Å². The molecule has 0 spiro atoms. The molecule has 2 aromatic rings. The molecule has 1 saturated carbocycles. The van der Waals surface area contributed by atoms with Crippen molar-refractivity contribution < 1.29 is 13.2 Å². The number of benzene rings is 2. The van der Waals surface area contributed by atoms with Crippen LogP contribution < -0.4 is 0 Å². The van der Waals surface area contributed by atoms with E-state index >= 15 is 0 Å². The number of alkyl halides is 3. The predicted molar refractivity (Wildman–Crippen MR) is 122 cm³/mol. The second-order valence-electron chi connectivity index (χ2n) is 8.89. The van der Waals surface area contributed by atoms with Crippen molar-refractivity contribution in [2.24, 2.45) is 5.92 Å². The van der Waals surface area contributed by atoms with Gasteiger partial charge in [-0.3, -0.25) is 0 Å². The lowest BCUT2D eigenvalue weighted by molar-refractivity contribution is -0.176. The van der Waals surface area contributed by atoms with E-state index in [-0.39, 0.29) is 12.3 Å². The van der Waals surface area contributed by atoms with Gasteiger partial charge in [0.1, 0.15) is 0 Å². The van der Waals surface area contributed by atoms with Gasteiger partial charge in [-0.15, -0.1) is 0 Å². The summed E-state index contributed by atoms with van der Waals surface area (Å²) in [7, 11) is 0. The highest BCUT2D eigenvalue weighted by Gasteiger charge is 2.47. The predicted octanol–water partition coefficient (Wildman–Crippen LogP) is 7.41. The summed E-state index contributed by atoms with van der Waals surface area (Å²) >= 11 is 0. The number of likely N-dealkylation sites (N-methyl/N-ethyl adjacent to an activating group) is 1. The molecule has 1 fully saturated rings. The first-order chi connectivity index (χ1) is 14.9. The van der Waals surface area contributed by atoms with Crippen LogP contribution in [0, 0.1) is 5.92 Å². The number of nitrogens with zero attached hydrogens (tertiary/aromatic N) is 1. The van der Waals surface area contributed by atoms with Gasteiger partial charge >= 0.3 is 6.18 Å². The monoisotopic (exact) mass is 431 g/mol. The summed E-state index contributed by atoms with van der Waals surface area (Å²) in [4.78, 5) is 2.56. The van der Waals surface area contributed by atoms with E-state index in [1.165, 1.54) is 11.1 Å². The summed E-state index contributed by atoms with van der Waals surface area (Å²) in [6, 6.07) is 19.1. The molecule has 1 aliphatic carbocycles. The van der Waals surface area contributed by atoms with Gasteiger partial charge in [0.05, 0.1) is 5.92 Å². The number of halogens is 3. The molecule has 0 saturated heterocycles. The molecule has 4 heteroatoms. The molecule has 3 rings (SSSR count). The van der Waals surface area contributed by atoms with Gasteiger partial charge in [-0.1, -0.05) is 74.9 Å². The molecule has 0 radical (unpaired) electrons. The van der Waals surface area contributed by atoms with Gasteiger partial charge in [0.15, 0.2) is 0 Å². The SMILES string of the molecule is CCC(CCc1ccc(C2CCCC2C(F)(F)F)cc1)N(CC)CCc1ccccc1. The Morgan fingerprint density at radius 1 is 0.903 bits per heavy atom. The number of hydrogen-bond acceptors (Lipinski definition) is 1. The van der Waals surface area contributed by atoms with E-state index < -0.39 is 12.1 Å². The third kappa shape index (κ3) is 6.58. The van der Waals surface area contributed by atoms with Crippen molar-refractivity contribution in [3.8, 4) is 0 Å². The van der Waals surface area contributed by atoms with Gasteiger partial charge in [0, 0.05) is 12.6 Å². The van der Waals surface area contributed by atoms with Crippen molar-refractivity contribution in [1.82, 2.24) is 4.90 Å². The summed E-state index contributed by atoms with van der Waals surface area (Å²) in [5, 5.41) is 0. The van der Waals surface area contributed by atoms with Gasteiger partial charge in [-0.25, -0.2) is 0 Å². The van der Waals surface area contributed by atoms with Crippen molar-refractivity contribution >= 4 is 0 Å². The van der Waals surface area contributed by atoms with Gasteiger partial charge in [0.25, 0.3) is 0 Å². The highest BCUT2D eigenvalue weighted by atomic mass is 19.4. The lowest BCUT2D eigenvalue weighted by Crippen LogP contribution is -2.36. The van der Waals surface area contributed by atoms with E-state index in [1.807, 2.05) is 24.3 Å². The first-order valence-electron chi connectivity index (χ1n) is 11.9. The van der Waals surface area contributed by atoms with Crippen molar-refractivity contribution in [1.29, 1.82) is 0 Å². The van der Waals surface area contributed by atoms with Crippen LogP contribution in [0.1, 0.15) is 68.6 Å². The van der Waals surface area contributed by atoms with Gasteiger partial charge < -0.3 is 4.90 Å². The first-order valence-corrected chi connectivity index (χ1v) is 11.9. The maximum Gasteiger partial charge on any atom is 0.392 e. The van der Waals surface area contributed by atoms with E-state index in [4.69, 9.17) is 0 Å². The Morgan fingerprint density at radius 2 is 1.58 bits per heavy atom. The van der Waals surface area contributed by atoms with Crippen LogP contribution in [0.25, 0.3) is 0 Å². The Bertz CT molecular complexity index is 769. The summed E-state index contributed by atoms with van der Waals surface area (Å²) in [5.41, 5.74) is 3.45. The molecule has 2 aromatic carbocycles. The smallest absolute Gasteiger partial charge is 0.300 e. The molecule has 0 amide bonds. The van der Waals surface area contributed by atoms with Crippen LogP contribution in [-0.4, -0.2) is 30.2 Å². The lowest BCUT2D eigenvalue weighted by Gasteiger charge is -2.30. The molecule has 3 atom stereocenters. The van der Waals surface area contributed by atoms with Crippen molar-refractivity contribution in [3.05, 3.63) is 71.3 Å². The van der Waals surface area contributed by atoms with Gasteiger partial charge in [-0.2, -0.15) is 13.2 Å². The first kappa shape index (κ1) is 23.8. The maximum absolute atomic E-state index is 13.3. The van der Waals surface area contributed by atoms with Gasteiger partial charge in [0.2, 0.25) is 0 Å². The quantitative estimate of drug-likeness (QED) is 0.379. The zero-order chi connectivity index (χ0) is 22.3. The lowest BCUT2D eigenvalue weighted by atomic mass is 9.87. The maximum atomic E-state index is 13.3. The van der Waals surface area contributed by atoms with Crippen LogP contribution in [0.5, 0.6) is 0 Å². The van der Waals surface area contributed by atoms with Gasteiger partial charge in [-0.05, 0) is 67.7 Å². The zero-order valence-electron chi connectivity index (χ0n) is 18.9. The third-order valence-electron chi connectivity index (χ3n) is 7.03. The highest BCUT2D eigenvalue weighted by Crippen LogP contribution is 2.48. The minimum Gasteiger partial charge on any atom is -0.300 e. The zero-order valence-corrected chi connectivity index (χ0v) is 18.9. The molecule has 3 unspecified atom stereocenters. The van der Waals surface area contributed by atoms with Crippen LogP contribution in [0.4, 0.5) is 13.2 Å². The summed E-state index contributed by atoms with van der Waals surface area (Å²) in [6.07, 6.45) is 1.71. The van der Waals surface area contributed by atoms with Crippen molar-refractivity contribution in [2.75, 3.05) is 13.1 Å². The molecule has 170 valence electrons. The fraction of sp³-hybridized carbons (Fsp3) is 0.556. The van der Waals surface area contributed by atoms with Crippen LogP contribution in [0.15, 0.2) is 54.6 Å². The highest BCUT2D eigenvalue weighted by molar-refractivity contribution is 5.27. The van der Waals surface area contributed by atoms with Crippen LogP contribution in [0.2, 0.25) is 0 Å². The van der Waals surface area contributed by atoms with Crippen molar-refractivity contribution in [2.45, 2.75) is 76.9 Å². The molecule has 0 N–H and O–H groups in total. The number of hydrogen-bond donors (Lipinski definition) is 0. The van der Waals surface area contributed by atoms with E-state index in [2.05, 4.69) is 49.1 Å². The molecule has 31 heavy (non-hydrogen) atoms. The van der Waals surface area contributed by atoms with E-state index in [9.17, 15) is 13.2 Å².